The molecule has 0 bridgehead atoms. The van der Waals surface area contributed by atoms with Crippen molar-refractivity contribution in [2.24, 2.45) is 0 Å². The first kappa shape index (κ1) is 19.6. The lowest BCUT2D eigenvalue weighted by molar-refractivity contribution is -0.115. The standard InChI is InChI=1S/C16H17N5O7S/c17-14-11-15(19-6-18-14)21(7-20-11)16(13(24)12(23)10(5-22)28-16)8-1-3-9(4-2-8)29(25,26)27/h1-4,6-7,10,12-13,22-24H,5H2,(H2,17,18,19)(H,25,26,27)/t10-,12-,13-,16-/m1/s1. The van der Waals surface area contributed by atoms with Crippen LogP contribution in [0.4, 0.5) is 5.82 Å². The summed E-state index contributed by atoms with van der Waals surface area (Å²) >= 11 is 0. The molecular formula is C16H17N5O7S. The van der Waals surface area contributed by atoms with Crippen LogP contribution >= 0.6 is 0 Å². The van der Waals surface area contributed by atoms with Crippen molar-refractivity contribution in [1.29, 1.82) is 0 Å². The zero-order chi connectivity index (χ0) is 21.0. The van der Waals surface area contributed by atoms with Crippen LogP contribution in [0.25, 0.3) is 11.2 Å². The third kappa shape index (κ3) is 2.87. The molecule has 3 heterocycles. The van der Waals surface area contributed by atoms with Crippen LogP contribution < -0.4 is 5.73 Å². The zero-order valence-corrected chi connectivity index (χ0v) is 15.5. The average molecular weight is 423 g/mol. The molecule has 29 heavy (non-hydrogen) atoms. The van der Waals surface area contributed by atoms with Gasteiger partial charge in [-0.05, 0) is 12.1 Å². The van der Waals surface area contributed by atoms with Crippen LogP contribution in [0.15, 0.2) is 41.8 Å². The highest BCUT2D eigenvalue weighted by Gasteiger charge is 2.57. The summed E-state index contributed by atoms with van der Waals surface area (Å²) in [7, 11) is -4.45. The Kier molecular flexibility index (Phi) is 4.53. The van der Waals surface area contributed by atoms with Crippen LogP contribution in [0.3, 0.4) is 0 Å². The highest BCUT2D eigenvalue weighted by Crippen LogP contribution is 2.43. The van der Waals surface area contributed by atoms with Gasteiger partial charge in [0.05, 0.1) is 17.8 Å². The van der Waals surface area contributed by atoms with Crippen molar-refractivity contribution < 1.29 is 33.0 Å². The summed E-state index contributed by atoms with van der Waals surface area (Å²) < 4.78 is 39.1. The predicted molar refractivity (Wildman–Crippen MR) is 97.0 cm³/mol. The van der Waals surface area contributed by atoms with E-state index in [9.17, 15) is 28.3 Å². The second kappa shape index (κ2) is 6.69. The maximum absolute atomic E-state index is 11.4. The Morgan fingerprint density at radius 1 is 1.17 bits per heavy atom. The Morgan fingerprint density at radius 3 is 2.45 bits per heavy atom. The minimum atomic E-state index is -4.45. The summed E-state index contributed by atoms with van der Waals surface area (Å²) in [4.78, 5) is 11.7. The molecular weight excluding hydrogens is 406 g/mol. The fourth-order valence-electron chi connectivity index (χ4n) is 3.49. The van der Waals surface area contributed by atoms with E-state index in [0.717, 1.165) is 12.1 Å². The van der Waals surface area contributed by atoms with E-state index < -0.39 is 40.8 Å². The Balaban J connectivity index is 1.97. The number of imidazole rings is 1. The van der Waals surface area contributed by atoms with Crippen LogP contribution in [0.2, 0.25) is 0 Å². The van der Waals surface area contributed by atoms with Gasteiger partial charge >= 0.3 is 0 Å². The largest absolute Gasteiger partial charge is 0.394 e. The lowest BCUT2D eigenvalue weighted by Crippen LogP contribution is -2.46. The molecule has 12 nitrogen and oxygen atoms in total. The Hall–Kier alpha value is -2.68. The minimum Gasteiger partial charge on any atom is -0.394 e. The van der Waals surface area contributed by atoms with Gasteiger partial charge in [0.2, 0.25) is 5.72 Å². The molecule has 13 heteroatoms. The van der Waals surface area contributed by atoms with Crippen LogP contribution in [0.5, 0.6) is 0 Å². The number of hydrogen-bond acceptors (Lipinski definition) is 10. The van der Waals surface area contributed by atoms with Gasteiger partial charge in [-0.25, -0.2) is 15.0 Å². The summed E-state index contributed by atoms with van der Waals surface area (Å²) in [6.45, 7) is -0.590. The van der Waals surface area contributed by atoms with Crippen molar-refractivity contribution in [2.75, 3.05) is 12.3 Å². The lowest BCUT2D eigenvalue weighted by atomic mass is 9.94. The van der Waals surface area contributed by atoms with Gasteiger partial charge in [-0.3, -0.25) is 9.12 Å². The molecule has 154 valence electrons. The predicted octanol–water partition coefficient (Wildman–Crippen LogP) is -1.53. The molecule has 0 radical (unpaired) electrons. The Labute approximate surface area is 164 Å². The van der Waals surface area contributed by atoms with Gasteiger partial charge in [0.15, 0.2) is 11.5 Å². The topological polar surface area (TPSA) is 194 Å². The normalized spacial score (nSPS) is 27.5. The molecule has 3 aromatic rings. The molecule has 1 aliphatic rings. The molecule has 1 aromatic carbocycles. The number of ether oxygens (including phenoxy) is 1. The molecule has 6 N–H and O–H groups in total. The first-order valence-corrected chi connectivity index (χ1v) is 9.81. The summed E-state index contributed by atoms with van der Waals surface area (Å²) in [5.41, 5.74) is 4.61. The average Bonchev–Trinajstić information content (AvgIpc) is 3.23. The highest BCUT2D eigenvalue weighted by molar-refractivity contribution is 7.85. The third-order valence-corrected chi connectivity index (χ3v) is 5.77. The summed E-state index contributed by atoms with van der Waals surface area (Å²) in [6.07, 6.45) is -1.75. The molecule has 4 rings (SSSR count). The van der Waals surface area contributed by atoms with E-state index >= 15 is 0 Å². The van der Waals surface area contributed by atoms with Gasteiger partial charge in [0.25, 0.3) is 10.1 Å². The van der Waals surface area contributed by atoms with E-state index in [0.29, 0.717) is 0 Å². The second-order valence-corrected chi connectivity index (χ2v) is 7.94. The lowest BCUT2D eigenvalue weighted by Gasteiger charge is -2.34. The molecule has 0 unspecified atom stereocenters. The number of rotatable bonds is 4. The van der Waals surface area contributed by atoms with E-state index in [1.807, 2.05) is 0 Å². The van der Waals surface area contributed by atoms with E-state index in [2.05, 4.69) is 15.0 Å². The second-order valence-electron chi connectivity index (χ2n) is 6.52. The van der Waals surface area contributed by atoms with Crippen LogP contribution in [-0.4, -0.2) is 72.7 Å². The molecule has 2 aromatic heterocycles. The molecule has 4 atom stereocenters. The maximum atomic E-state index is 11.4. The number of aromatic nitrogens is 4. The van der Waals surface area contributed by atoms with Crippen LogP contribution in [0.1, 0.15) is 5.56 Å². The number of anilines is 1. The van der Waals surface area contributed by atoms with Gasteiger partial charge in [0, 0.05) is 5.56 Å². The molecule has 1 aliphatic heterocycles. The third-order valence-electron chi connectivity index (χ3n) is 4.90. The van der Waals surface area contributed by atoms with Crippen molar-refractivity contribution in [2.45, 2.75) is 28.9 Å². The number of nitrogens with zero attached hydrogens (tertiary/aromatic N) is 4. The molecule has 0 aliphatic carbocycles. The number of aliphatic hydroxyl groups excluding tert-OH is 3. The van der Waals surface area contributed by atoms with Gasteiger partial charge < -0.3 is 25.8 Å². The summed E-state index contributed by atoms with van der Waals surface area (Å²) in [6, 6.07) is 4.83. The van der Waals surface area contributed by atoms with Crippen molar-refractivity contribution in [3.05, 3.63) is 42.5 Å². The first-order valence-electron chi connectivity index (χ1n) is 8.37. The molecule has 0 spiro atoms. The maximum Gasteiger partial charge on any atom is 0.294 e. The number of fused-ring (bicyclic) bond motifs is 1. The van der Waals surface area contributed by atoms with Gasteiger partial charge in [-0.15, -0.1) is 0 Å². The number of aliphatic hydroxyl groups is 3. The summed E-state index contributed by atoms with van der Waals surface area (Å²) in [5.74, 6) is 0.0809. The number of nitrogen functional groups attached to an aromatic ring is 1. The van der Waals surface area contributed by atoms with Crippen molar-refractivity contribution in [1.82, 2.24) is 19.5 Å². The van der Waals surface area contributed by atoms with Gasteiger partial charge in [-0.2, -0.15) is 8.42 Å². The monoisotopic (exact) mass is 423 g/mol. The van der Waals surface area contributed by atoms with Crippen LogP contribution in [0, 0.1) is 0 Å². The van der Waals surface area contributed by atoms with E-state index in [-0.39, 0.29) is 27.4 Å². The Bertz CT molecular complexity index is 1170. The minimum absolute atomic E-state index is 0.0809. The number of nitrogens with two attached hydrogens (primary N) is 1. The molecule has 1 saturated heterocycles. The van der Waals surface area contributed by atoms with Crippen molar-refractivity contribution >= 4 is 27.1 Å². The van der Waals surface area contributed by atoms with Crippen LogP contribution in [-0.2, 0) is 20.6 Å². The summed E-state index contributed by atoms with van der Waals surface area (Å²) in [5, 5.41) is 30.9. The highest BCUT2D eigenvalue weighted by atomic mass is 32.2. The van der Waals surface area contributed by atoms with Gasteiger partial charge in [-0.1, -0.05) is 12.1 Å². The molecule has 0 saturated carbocycles. The fourth-order valence-corrected chi connectivity index (χ4v) is 3.97. The van der Waals surface area contributed by atoms with E-state index in [1.54, 1.807) is 0 Å². The molecule has 1 fully saturated rings. The first-order chi connectivity index (χ1) is 13.7. The smallest absolute Gasteiger partial charge is 0.294 e. The SMILES string of the molecule is Nc1ncnc2c1ncn2[C@]1(c2ccc(S(=O)(=O)O)cc2)O[C@H](CO)[C@@H](O)[C@H]1O. The number of benzene rings is 1. The molecule has 0 amide bonds. The fraction of sp³-hybridized carbons (Fsp3) is 0.312. The quantitative estimate of drug-likeness (QED) is 0.305. The zero-order valence-electron chi connectivity index (χ0n) is 14.7. The Morgan fingerprint density at radius 2 is 1.86 bits per heavy atom. The van der Waals surface area contributed by atoms with E-state index in [4.69, 9.17) is 10.5 Å². The van der Waals surface area contributed by atoms with E-state index in [1.165, 1.54) is 29.4 Å². The van der Waals surface area contributed by atoms with Crippen molar-refractivity contribution in [3.63, 3.8) is 0 Å². The van der Waals surface area contributed by atoms with Crippen molar-refractivity contribution in [3.8, 4) is 0 Å². The number of hydrogen-bond donors (Lipinski definition) is 5. The van der Waals surface area contributed by atoms with Gasteiger partial charge in [0.1, 0.15) is 30.2 Å².